The molecule has 1 saturated heterocycles. The minimum Gasteiger partial charge on any atom is -0.480 e. The molecule has 2 N–H and O–H groups in total. The van der Waals surface area contributed by atoms with Gasteiger partial charge in [-0.15, -0.1) is 12.4 Å². The van der Waals surface area contributed by atoms with E-state index in [-0.39, 0.29) is 30.5 Å². The van der Waals surface area contributed by atoms with Crippen molar-refractivity contribution in [3.8, 4) is 5.69 Å². The van der Waals surface area contributed by atoms with Crippen LogP contribution in [0.25, 0.3) is 5.69 Å². The van der Waals surface area contributed by atoms with Crippen LogP contribution < -0.4 is 5.32 Å². The largest absolute Gasteiger partial charge is 0.480 e. The number of nitrogens with one attached hydrogen (secondary N) is 1. The summed E-state index contributed by atoms with van der Waals surface area (Å²) >= 11 is 0. The van der Waals surface area contributed by atoms with Gasteiger partial charge < -0.3 is 10.4 Å². The molecule has 7 nitrogen and oxygen atoms in total. The lowest BCUT2D eigenvalue weighted by molar-refractivity contribution is -0.142. The Balaban J connectivity index is 0.00000243. The molecule has 1 fully saturated rings. The Bertz CT molecular complexity index is 811. The van der Waals surface area contributed by atoms with Crippen LogP contribution in [0.1, 0.15) is 18.5 Å². The summed E-state index contributed by atoms with van der Waals surface area (Å²) in [5.74, 6) is -1.38. The topological polar surface area (TPSA) is 87.5 Å². The van der Waals surface area contributed by atoms with Gasteiger partial charge in [-0.2, -0.15) is 5.10 Å². The van der Waals surface area contributed by atoms with E-state index < -0.39 is 17.8 Å². The summed E-state index contributed by atoms with van der Waals surface area (Å²) in [6.45, 7) is 2.28. The molecule has 1 aromatic carbocycles. The molecule has 0 saturated carbocycles. The number of aliphatic carboxylic acids is 1. The van der Waals surface area contributed by atoms with E-state index >= 15 is 0 Å². The predicted molar refractivity (Wildman–Crippen MR) is 96.4 cm³/mol. The molecule has 140 valence electrons. The second kappa shape index (κ2) is 8.29. The highest BCUT2D eigenvalue weighted by Crippen LogP contribution is 2.21. The average Bonchev–Trinajstić information content (AvgIpc) is 3.14. The summed E-state index contributed by atoms with van der Waals surface area (Å²) < 4.78 is 15.4. The number of carboxylic acids is 1. The first kappa shape index (κ1) is 19.9. The number of anilines is 1. The number of likely N-dealkylation sites (tertiary alicyclic amines) is 1. The second-order valence-electron chi connectivity index (χ2n) is 6.05. The van der Waals surface area contributed by atoms with Gasteiger partial charge in [-0.3, -0.25) is 14.5 Å². The molecule has 0 bridgehead atoms. The van der Waals surface area contributed by atoms with Gasteiger partial charge in [0.2, 0.25) is 5.91 Å². The van der Waals surface area contributed by atoms with Crippen LogP contribution in [0.4, 0.5) is 10.2 Å². The van der Waals surface area contributed by atoms with Crippen LogP contribution in [0.2, 0.25) is 0 Å². The number of carbonyl (C=O) groups excluding carboxylic acids is 1. The Labute approximate surface area is 156 Å². The SMILES string of the molecule is Cc1cc(NC(=O)CN2CCCC2C(=O)O)n(-c2ccccc2F)n1.Cl. The van der Waals surface area contributed by atoms with Crippen molar-refractivity contribution < 1.29 is 19.1 Å². The molecule has 2 heterocycles. The molecule has 3 rings (SSSR count). The number of aromatic nitrogens is 2. The van der Waals surface area contributed by atoms with E-state index in [2.05, 4.69) is 10.4 Å². The van der Waals surface area contributed by atoms with Crippen molar-refractivity contribution in [2.45, 2.75) is 25.8 Å². The number of rotatable bonds is 5. The zero-order valence-electron chi connectivity index (χ0n) is 14.2. The van der Waals surface area contributed by atoms with Gasteiger partial charge in [0.15, 0.2) is 0 Å². The van der Waals surface area contributed by atoms with Gasteiger partial charge in [0.05, 0.1) is 12.2 Å². The molecule has 9 heteroatoms. The number of carbonyl (C=O) groups is 2. The Morgan fingerprint density at radius 3 is 2.81 bits per heavy atom. The van der Waals surface area contributed by atoms with Gasteiger partial charge in [0.25, 0.3) is 0 Å². The van der Waals surface area contributed by atoms with Crippen molar-refractivity contribution in [3.05, 3.63) is 41.8 Å². The van der Waals surface area contributed by atoms with Gasteiger partial charge >= 0.3 is 5.97 Å². The molecule has 26 heavy (non-hydrogen) atoms. The first-order chi connectivity index (χ1) is 12.0. The lowest BCUT2D eigenvalue weighted by atomic mass is 10.2. The molecule has 0 radical (unpaired) electrons. The number of halogens is 2. The highest BCUT2D eigenvalue weighted by atomic mass is 35.5. The number of aryl methyl sites for hydroxylation is 1. The Morgan fingerprint density at radius 1 is 1.38 bits per heavy atom. The Kier molecular flexibility index (Phi) is 6.33. The van der Waals surface area contributed by atoms with Gasteiger partial charge in [-0.05, 0) is 38.4 Å². The average molecular weight is 383 g/mol. The number of hydrogen-bond donors (Lipinski definition) is 2. The summed E-state index contributed by atoms with van der Waals surface area (Å²) in [5, 5.41) is 16.1. The predicted octanol–water partition coefficient (Wildman–Crippen LogP) is 2.23. The van der Waals surface area contributed by atoms with Crippen molar-refractivity contribution in [1.82, 2.24) is 14.7 Å². The number of para-hydroxylation sites is 1. The third-order valence-electron chi connectivity index (χ3n) is 4.18. The molecular formula is C17H20ClFN4O3. The first-order valence-corrected chi connectivity index (χ1v) is 8.04. The lowest BCUT2D eigenvalue weighted by Crippen LogP contribution is -2.41. The third kappa shape index (κ3) is 4.20. The maximum atomic E-state index is 14.0. The second-order valence-corrected chi connectivity index (χ2v) is 6.05. The highest BCUT2D eigenvalue weighted by Gasteiger charge is 2.31. The molecule has 1 unspecified atom stereocenters. The van der Waals surface area contributed by atoms with Crippen molar-refractivity contribution >= 4 is 30.1 Å². The van der Waals surface area contributed by atoms with E-state index in [1.165, 1.54) is 10.7 Å². The van der Waals surface area contributed by atoms with E-state index in [1.54, 1.807) is 36.1 Å². The number of amides is 1. The van der Waals surface area contributed by atoms with Gasteiger partial charge in [0.1, 0.15) is 23.4 Å². The summed E-state index contributed by atoms with van der Waals surface area (Å²) in [6.07, 6.45) is 1.28. The summed E-state index contributed by atoms with van der Waals surface area (Å²) in [5.41, 5.74) is 0.860. The van der Waals surface area contributed by atoms with Crippen LogP contribution in [0.5, 0.6) is 0 Å². The van der Waals surface area contributed by atoms with E-state index in [1.807, 2.05) is 0 Å². The smallest absolute Gasteiger partial charge is 0.320 e. The molecule has 0 spiro atoms. The van der Waals surface area contributed by atoms with Crippen LogP contribution in [0.15, 0.2) is 30.3 Å². The quantitative estimate of drug-likeness (QED) is 0.828. The zero-order chi connectivity index (χ0) is 18.0. The molecule has 1 amide bonds. The van der Waals surface area contributed by atoms with E-state index in [4.69, 9.17) is 0 Å². The highest BCUT2D eigenvalue weighted by molar-refractivity contribution is 5.92. The van der Waals surface area contributed by atoms with E-state index in [0.717, 1.165) is 6.42 Å². The third-order valence-corrected chi connectivity index (χ3v) is 4.18. The normalized spacial score (nSPS) is 16.9. The maximum Gasteiger partial charge on any atom is 0.320 e. The molecular weight excluding hydrogens is 363 g/mol. The standard InChI is InChI=1S/C17H19FN4O3.ClH/c1-11-9-15(22(20-11)13-6-3-2-5-12(13)18)19-16(23)10-21-8-4-7-14(21)17(24)25;/h2-3,5-6,9,14H,4,7-8,10H2,1H3,(H,19,23)(H,24,25);1H. The number of hydrogen-bond acceptors (Lipinski definition) is 4. The van der Waals surface area contributed by atoms with Crippen LogP contribution in [0, 0.1) is 12.7 Å². The van der Waals surface area contributed by atoms with Crippen LogP contribution in [-0.2, 0) is 9.59 Å². The van der Waals surface area contributed by atoms with E-state index in [9.17, 15) is 19.1 Å². The molecule has 0 aliphatic carbocycles. The van der Waals surface area contributed by atoms with Crippen molar-refractivity contribution in [2.24, 2.45) is 0 Å². The zero-order valence-corrected chi connectivity index (χ0v) is 15.0. The van der Waals surface area contributed by atoms with Crippen molar-refractivity contribution in [3.63, 3.8) is 0 Å². The maximum absolute atomic E-state index is 14.0. The van der Waals surface area contributed by atoms with Crippen LogP contribution >= 0.6 is 12.4 Å². The van der Waals surface area contributed by atoms with Gasteiger partial charge in [-0.25, -0.2) is 9.07 Å². The molecule has 1 atom stereocenters. The van der Waals surface area contributed by atoms with Gasteiger partial charge in [0, 0.05) is 6.07 Å². The number of carboxylic acid groups (broad SMARTS) is 1. The minimum atomic E-state index is -0.919. The number of benzene rings is 1. The summed E-state index contributed by atoms with van der Waals surface area (Å²) in [6, 6.07) is 7.15. The first-order valence-electron chi connectivity index (χ1n) is 8.04. The summed E-state index contributed by atoms with van der Waals surface area (Å²) in [4.78, 5) is 25.2. The van der Waals surface area contributed by atoms with Crippen LogP contribution in [-0.4, -0.2) is 50.8 Å². The molecule has 1 aliphatic heterocycles. The van der Waals surface area contributed by atoms with Crippen molar-refractivity contribution in [2.75, 3.05) is 18.4 Å². The Hall–Kier alpha value is -2.45. The minimum absolute atomic E-state index is 0. The van der Waals surface area contributed by atoms with Gasteiger partial charge in [-0.1, -0.05) is 12.1 Å². The Morgan fingerprint density at radius 2 is 2.12 bits per heavy atom. The monoisotopic (exact) mass is 382 g/mol. The molecule has 1 aliphatic rings. The summed E-state index contributed by atoms with van der Waals surface area (Å²) in [7, 11) is 0. The molecule has 2 aromatic rings. The lowest BCUT2D eigenvalue weighted by Gasteiger charge is -2.20. The van der Waals surface area contributed by atoms with E-state index in [0.29, 0.717) is 24.5 Å². The fourth-order valence-electron chi connectivity index (χ4n) is 3.06. The fourth-order valence-corrected chi connectivity index (χ4v) is 3.06. The molecule has 1 aromatic heterocycles. The van der Waals surface area contributed by atoms with Crippen molar-refractivity contribution in [1.29, 1.82) is 0 Å². The number of nitrogens with zero attached hydrogens (tertiary/aromatic N) is 3. The fraction of sp³-hybridized carbons (Fsp3) is 0.353. The van der Waals surface area contributed by atoms with Crippen LogP contribution in [0.3, 0.4) is 0 Å².